The van der Waals surface area contributed by atoms with Gasteiger partial charge < -0.3 is 20.5 Å². The molecule has 1 heterocycles. The summed E-state index contributed by atoms with van der Waals surface area (Å²) < 4.78 is 5.23. The smallest absolute Gasteiger partial charge is 0.234 e. The maximum atomic E-state index is 11.6. The molecule has 1 rings (SSSR count). The van der Waals surface area contributed by atoms with Crippen molar-refractivity contribution in [1.82, 2.24) is 10.6 Å². The number of aliphatic hydroxyl groups is 1. The molecule has 1 amide bonds. The summed E-state index contributed by atoms with van der Waals surface area (Å²) in [5, 5.41) is 14.8. The first-order valence-corrected chi connectivity index (χ1v) is 6.41. The fourth-order valence-electron chi connectivity index (χ4n) is 1.88. The number of ether oxygens (including phenoxy) is 1. The zero-order valence-corrected chi connectivity index (χ0v) is 10.6. The molecule has 5 nitrogen and oxygen atoms in total. The zero-order chi connectivity index (χ0) is 12.5. The van der Waals surface area contributed by atoms with Crippen LogP contribution in [0.25, 0.3) is 0 Å². The number of carbonyl (C=O) groups excluding carboxylic acids is 1. The molecule has 1 aliphatic rings. The van der Waals surface area contributed by atoms with E-state index in [9.17, 15) is 4.79 Å². The molecule has 1 fully saturated rings. The molecule has 0 bridgehead atoms. The number of hydrogen-bond donors (Lipinski definition) is 3. The Kier molecular flexibility index (Phi) is 7.16. The van der Waals surface area contributed by atoms with E-state index < -0.39 is 0 Å². The Hall–Kier alpha value is -0.650. The van der Waals surface area contributed by atoms with Crippen LogP contribution in [-0.2, 0) is 9.53 Å². The first-order chi connectivity index (χ1) is 8.22. The fourth-order valence-corrected chi connectivity index (χ4v) is 1.88. The van der Waals surface area contributed by atoms with Gasteiger partial charge in [0.2, 0.25) is 5.91 Å². The van der Waals surface area contributed by atoms with Gasteiger partial charge in [0.25, 0.3) is 0 Å². The molecule has 0 spiro atoms. The Bertz CT molecular complexity index is 218. The van der Waals surface area contributed by atoms with Crippen LogP contribution in [0.2, 0.25) is 0 Å². The van der Waals surface area contributed by atoms with Crippen molar-refractivity contribution >= 4 is 5.91 Å². The highest BCUT2D eigenvalue weighted by Gasteiger charge is 2.15. The van der Waals surface area contributed by atoms with E-state index in [4.69, 9.17) is 9.84 Å². The summed E-state index contributed by atoms with van der Waals surface area (Å²) in [4.78, 5) is 11.6. The summed E-state index contributed by atoms with van der Waals surface area (Å²) >= 11 is 0. The van der Waals surface area contributed by atoms with Gasteiger partial charge in [0.1, 0.15) is 0 Å². The largest absolute Gasteiger partial charge is 0.396 e. The van der Waals surface area contributed by atoms with E-state index in [0.29, 0.717) is 12.5 Å². The van der Waals surface area contributed by atoms with E-state index in [1.807, 2.05) is 0 Å². The quantitative estimate of drug-likeness (QED) is 0.584. The average Bonchev–Trinajstić information content (AvgIpc) is 2.30. The van der Waals surface area contributed by atoms with Gasteiger partial charge >= 0.3 is 0 Å². The first-order valence-electron chi connectivity index (χ1n) is 6.41. The molecule has 100 valence electrons. The van der Waals surface area contributed by atoms with E-state index >= 15 is 0 Å². The van der Waals surface area contributed by atoms with Gasteiger partial charge in [0.05, 0.1) is 6.54 Å². The molecule has 0 aromatic rings. The van der Waals surface area contributed by atoms with Crippen LogP contribution in [0.4, 0.5) is 0 Å². The predicted octanol–water partition coefficient (Wildman–Crippen LogP) is -0.110. The van der Waals surface area contributed by atoms with Crippen molar-refractivity contribution in [2.45, 2.75) is 32.2 Å². The number of amides is 1. The molecule has 0 saturated carbocycles. The van der Waals surface area contributed by atoms with Crippen molar-refractivity contribution in [2.24, 2.45) is 5.92 Å². The molecule has 1 unspecified atom stereocenters. The fraction of sp³-hybridized carbons (Fsp3) is 0.917. The predicted molar refractivity (Wildman–Crippen MR) is 65.7 cm³/mol. The number of hydrogen-bond acceptors (Lipinski definition) is 4. The van der Waals surface area contributed by atoms with Crippen LogP contribution in [0, 0.1) is 5.92 Å². The second-order valence-electron chi connectivity index (χ2n) is 4.70. The standard InChI is InChI=1S/C12H24N2O3/c1-10(2-5-15)8-13-9-12(16)14-11-3-6-17-7-4-11/h10-11,13,15H,2-9H2,1H3,(H,14,16). The van der Waals surface area contributed by atoms with Gasteiger partial charge in [-0.25, -0.2) is 0 Å². The van der Waals surface area contributed by atoms with E-state index in [1.54, 1.807) is 0 Å². The summed E-state index contributed by atoms with van der Waals surface area (Å²) in [6.07, 6.45) is 2.59. The van der Waals surface area contributed by atoms with Gasteiger partial charge in [-0.3, -0.25) is 4.79 Å². The van der Waals surface area contributed by atoms with E-state index in [0.717, 1.165) is 39.0 Å². The Labute approximate surface area is 103 Å². The van der Waals surface area contributed by atoms with Crippen molar-refractivity contribution in [3.8, 4) is 0 Å². The molecule has 0 aromatic carbocycles. The lowest BCUT2D eigenvalue weighted by Gasteiger charge is -2.23. The highest BCUT2D eigenvalue weighted by molar-refractivity contribution is 5.78. The summed E-state index contributed by atoms with van der Waals surface area (Å²) in [5.74, 6) is 0.448. The molecule has 1 saturated heterocycles. The van der Waals surface area contributed by atoms with Crippen molar-refractivity contribution in [1.29, 1.82) is 0 Å². The van der Waals surface area contributed by atoms with Crippen molar-refractivity contribution < 1.29 is 14.6 Å². The third-order valence-electron chi connectivity index (χ3n) is 2.99. The SMILES string of the molecule is CC(CCO)CNCC(=O)NC1CCOCC1. The second-order valence-corrected chi connectivity index (χ2v) is 4.70. The average molecular weight is 244 g/mol. The molecular formula is C12H24N2O3. The third kappa shape index (κ3) is 6.61. The number of rotatable bonds is 7. The zero-order valence-electron chi connectivity index (χ0n) is 10.6. The molecule has 17 heavy (non-hydrogen) atoms. The van der Waals surface area contributed by atoms with Gasteiger partial charge in [-0.05, 0) is 31.7 Å². The molecule has 5 heteroatoms. The normalized spacial score (nSPS) is 18.9. The summed E-state index contributed by atoms with van der Waals surface area (Å²) in [7, 11) is 0. The van der Waals surface area contributed by atoms with Gasteiger partial charge in [-0.15, -0.1) is 0 Å². The van der Waals surface area contributed by atoms with Gasteiger partial charge in [-0.2, -0.15) is 0 Å². The highest BCUT2D eigenvalue weighted by atomic mass is 16.5. The van der Waals surface area contributed by atoms with E-state index in [2.05, 4.69) is 17.6 Å². The Balaban J connectivity index is 2.04. The highest BCUT2D eigenvalue weighted by Crippen LogP contribution is 2.05. The number of carbonyl (C=O) groups is 1. The van der Waals surface area contributed by atoms with Gasteiger partial charge in [0.15, 0.2) is 0 Å². The lowest BCUT2D eigenvalue weighted by atomic mass is 10.1. The Morgan fingerprint density at radius 1 is 1.47 bits per heavy atom. The minimum Gasteiger partial charge on any atom is -0.396 e. The third-order valence-corrected chi connectivity index (χ3v) is 2.99. The van der Waals surface area contributed by atoms with Crippen LogP contribution in [0.1, 0.15) is 26.2 Å². The summed E-state index contributed by atoms with van der Waals surface area (Å²) in [5.41, 5.74) is 0. The minimum absolute atomic E-state index is 0.0492. The van der Waals surface area contributed by atoms with E-state index in [-0.39, 0.29) is 18.6 Å². The number of aliphatic hydroxyl groups excluding tert-OH is 1. The van der Waals surface area contributed by atoms with Gasteiger partial charge in [0, 0.05) is 25.9 Å². The molecular weight excluding hydrogens is 220 g/mol. The van der Waals surface area contributed by atoms with E-state index in [1.165, 1.54) is 0 Å². The molecule has 0 aliphatic carbocycles. The second kappa shape index (κ2) is 8.44. The molecule has 1 aliphatic heterocycles. The molecule has 3 N–H and O–H groups in total. The Morgan fingerprint density at radius 2 is 2.18 bits per heavy atom. The topological polar surface area (TPSA) is 70.6 Å². The minimum atomic E-state index is 0.0492. The first kappa shape index (κ1) is 14.4. The number of nitrogens with one attached hydrogen (secondary N) is 2. The lowest BCUT2D eigenvalue weighted by Crippen LogP contribution is -2.43. The molecule has 1 atom stereocenters. The van der Waals surface area contributed by atoms with Crippen LogP contribution in [0.15, 0.2) is 0 Å². The summed E-state index contributed by atoms with van der Waals surface area (Å²) in [6, 6.07) is 0.271. The van der Waals surface area contributed by atoms with Crippen LogP contribution in [0.3, 0.4) is 0 Å². The Morgan fingerprint density at radius 3 is 2.82 bits per heavy atom. The van der Waals surface area contributed by atoms with Crippen LogP contribution < -0.4 is 10.6 Å². The van der Waals surface area contributed by atoms with Crippen molar-refractivity contribution in [3.63, 3.8) is 0 Å². The lowest BCUT2D eigenvalue weighted by molar-refractivity contribution is -0.121. The van der Waals surface area contributed by atoms with Crippen molar-refractivity contribution in [2.75, 3.05) is 32.9 Å². The van der Waals surface area contributed by atoms with Crippen LogP contribution in [-0.4, -0.2) is 50.0 Å². The van der Waals surface area contributed by atoms with Crippen LogP contribution in [0.5, 0.6) is 0 Å². The van der Waals surface area contributed by atoms with Gasteiger partial charge in [-0.1, -0.05) is 6.92 Å². The monoisotopic (exact) mass is 244 g/mol. The molecule has 0 radical (unpaired) electrons. The van der Waals surface area contributed by atoms with Crippen molar-refractivity contribution in [3.05, 3.63) is 0 Å². The molecule has 0 aromatic heterocycles. The van der Waals surface area contributed by atoms with Crippen LogP contribution >= 0.6 is 0 Å². The maximum Gasteiger partial charge on any atom is 0.234 e. The maximum absolute atomic E-state index is 11.6. The summed E-state index contributed by atoms with van der Waals surface area (Å²) in [6.45, 7) is 4.86.